The summed E-state index contributed by atoms with van der Waals surface area (Å²) in [4.78, 5) is 1.09. The van der Waals surface area contributed by atoms with Gasteiger partial charge in [-0.15, -0.1) is 11.7 Å². The SMILES string of the molecule is Cc1cc(SS)ccc1OCC(C)(C)O. The Morgan fingerprint density at radius 2 is 2.13 bits per heavy atom. The van der Waals surface area contributed by atoms with Crippen molar-refractivity contribution in [3.63, 3.8) is 0 Å². The molecule has 0 atom stereocenters. The van der Waals surface area contributed by atoms with Crippen molar-refractivity contribution >= 4 is 22.5 Å². The fourth-order valence-electron chi connectivity index (χ4n) is 1.09. The van der Waals surface area contributed by atoms with E-state index in [0.717, 1.165) is 16.2 Å². The molecule has 0 aliphatic rings. The van der Waals surface area contributed by atoms with Crippen molar-refractivity contribution in [1.29, 1.82) is 0 Å². The van der Waals surface area contributed by atoms with Gasteiger partial charge in [-0.05, 0) is 44.5 Å². The molecular formula is C11H16O2S2. The van der Waals surface area contributed by atoms with Gasteiger partial charge in [0, 0.05) is 4.90 Å². The first-order valence-corrected chi connectivity index (χ1v) is 6.56. The number of ether oxygens (including phenoxy) is 1. The molecule has 0 spiro atoms. The van der Waals surface area contributed by atoms with Crippen molar-refractivity contribution < 1.29 is 9.84 Å². The quantitative estimate of drug-likeness (QED) is 0.630. The van der Waals surface area contributed by atoms with Gasteiger partial charge in [-0.2, -0.15) is 0 Å². The second kappa shape index (κ2) is 5.14. The van der Waals surface area contributed by atoms with Gasteiger partial charge in [-0.1, -0.05) is 10.8 Å². The molecule has 0 aromatic heterocycles. The standard InChI is InChI=1S/C11H16O2S2/c1-8-6-9(15-14)4-5-10(8)13-7-11(2,3)12/h4-6,12,14H,7H2,1-3H3. The third-order valence-corrected chi connectivity index (χ3v) is 2.93. The number of aryl methyl sites for hydroxylation is 1. The monoisotopic (exact) mass is 244 g/mol. The van der Waals surface area contributed by atoms with Crippen LogP contribution in [0.25, 0.3) is 0 Å². The van der Waals surface area contributed by atoms with Crippen molar-refractivity contribution in [3.8, 4) is 5.75 Å². The van der Waals surface area contributed by atoms with E-state index in [4.69, 9.17) is 4.74 Å². The normalized spacial score (nSPS) is 11.5. The summed E-state index contributed by atoms with van der Waals surface area (Å²) in [5, 5.41) is 9.53. The highest BCUT2D eigenvalue weighted by atomic mass is 33.1. The molecule has 0 aliphatic carbocycles. The highest BCUT2D eigenvalue weighted by Gasteiger charge is 2.13. The predicted molar refractivity (Wildman–Crippen MR) is 67.8 cm³/mol. The minimum atomic E-state index is -0.802. The molecule has 0 saturated heterocycles. The van der Waals surface area contributed by atoms with Crippen LogP contribution in [-0.4, -0.2) is 17.3 Å². The van der Waals surface area contributed by atoms with E-state index in [1.165, 1.54) is 10.8 Å². The molecular weight excluding hydrogens is 228 g/mol. The van der Waals surface area contributed by atoms with E-state index in [9.17, 15) is 5.11 Å². The molecule has 0 amide bonds. The Morgan fingerprint density at radius 3 is 2.60 bits per heavy atom. The Morgan fingerprint density at radius 1 is 1.47 bits per heavy atom. The zero-order chi connectivity index (χ0) is 11.5. The lowest BCUT2D eigenvalue weighted by Crippen LogP contribution is -2.28. The third-order valence-electron chi connectivity index (χ3n) is 1.83. The largest absolute Gasteiger partial charge is 0.490 e. The number of aliphatic hydroxyl groups is 1. The third kappa shape index (κ3) is 4.36. The lowest BCUT2D eigenvalue weighted by molar-refractivity contribution is 0.0282. The lowest BCUT2D eigenvalue weighted by atomic mass is 10.1. The van der Waals surface area contributed by atoms with E-state index in [1.54, 1.807) is 13.8 Å². The van der Waals surface area contributed by atoms with E-state index < -0.39 is 5.60 Å². The maximum atomic E-state index is 9.53. The number of thiol groups is 1. The first-order chi connectivity index (χ1) is 6.92. The van der Waals surface area contributed by atoms with Crippen LogP contribution in [0.4, 0.5) is 0 Å². The van der Waals surface area contributed by atoms with Gasteiger partial charge in [0.2, 0.25) is 0 Å². The molecule has 15 heavy (non-hydrogen) atoms. The molecule has 0 fully saturated rings. The van der Waals surface area contributed by atoms with Crippen LogP contribution in [-0.2, 0) is 0 Å². The minimum Gasteiger partial charge on any atom is -0.490 e. The second-order valence-electron chi connectivity index (χ2n) is 4.12. The molecule has 0 radical (unpaired) electrons. The Bertz CT molecular complexity index is 332. The summed E-state index contributed by atoms with van der Waals surface area (Å²) in [6, 6.07) is 5.86. The smallest absolute Gasteiger partial charge is 0.122 e. The highest BCUT2D eigenvalue weighted by molar-refractivity contribution is 8.68. The van der Waals surface area contributed by atoms with E-state index in [-0.39, 0.29) is 0 Å². The highest BCUT2D eigenvalue weighted by Crippen LogP contribution is 2.27. The van der Waals surface area contributed by atoms with Crippen molar-refractivity contribution in [2.75, 3.05) is 6.61 Å². The zero-order valence-corrected chi connectivity index (χ0v) is 10.9. The summed E-state index contributed by atoms with van der Waals surface area (Å²) in [6.07, 6.45) is 0. The molecule has 0 unspecified atom stereocenters. The number of hydrogen-bond acceptors (Lipinski definition) is 4. The van der Waals surface area contributed by atoms with Crippen LogP contribution in [0.1, 0.15) is 19.4 Å². The molecule has 2 nitrogen and oxygen atoms in total. The molecule has 1 N–H and O–H groups in total. The van der Waals surface area contributed by atoms with Crippen LogP contribution in [0, 0.1) is 6.92 Å². The first-order valence-electron chi connectivity index (χ1n) is 4.69. The molecule has 0 saturated carbocycles. The molecule has 1 rings (SSSR count). The van der Waals surface area contributed by atoms with Crippen LogP contribution >= 0.6 is 22.5 Å². The lowest BCUT2D eigenvalue weighted by Gasteiger charge is -2.18. The van der Waals surface area contributed by atoms with Gasteiger partial charge in [0.25, 0.3) is 0 Å². The van der Waals surface area contributed by atoms with E-state index in [2.05, 4.69) is 11.7 Å². The zero-order valence-electron chi connectivity index (χ0n) is 9.15. The van der Waals surface area contributed by atoms with Crippen LogP contribution in [0.3, 0.4) is 0 Å². The van der Waals surface area contributed by atoms with E-state index >= 15 is 0 Å². The van der Waals surface area contributed by atoms with E-state index in [1.807, 2.05) is 25.1 Å². The molecule has 4 heteroatoms. The van der Waals surface area contributed by atoms with Gasteiger partial charge < -0.3 is 9.84 Å². The summed E-state index contributed by atoms with van der Waals surface area (Å²) < 4.78 is 5.52. The fraction of sp³-hybridized carbons (Fsp3) is 0.455. The predicted octanol–water partition coefficient (Wildman–Crippen LogP) is 3.08. The van der Waals surface area contributed by atoms with Gasteiger partial charge in [-0.25, -0.2) is 0 Å². The van der Waals surface area contributed by atoms with Crippen molar-refractivity contribution in [2.24, 2.45) is 0 Å². The minimum absolute atomic E-state index is 0.293. The number of benzene rings is 1. The van der Waals surface area contributed by atoms with Gasteiger partial charge in [0.1, 0.15) is 12.4 Å². The average molecular weight is 244 g/mol. The maximum Gasteiger partial charge on any atom is 0.122 e. The molecule has 1 aromatic carbocycles. The Kier molecular flexibility index (Phi) is 4.37. The molecule has 0 bridgehead atoms. The van der Waals surface area contributed by atoms with Crippen molar-refractivity contribution in [1.82, 2.24) is 0 Å². The van der Waals surface area contributed by atoms with Gasteiger partial charge in [0.05, 0.1) is 5.60 Å². The Hall–Kier alpha value is -0.320. The van der Waals surface area contributed by atoms with E-state index in [0.29, 0.717) is 6.61 Å². The fourth-order valence-corrected chi connectivity index (χ4v) is 1.79. The summed E-state index contributed by atoms with van der Waals surface area (Å²) in [5.41, 5.74) is 0.252. The summed E-state index contributed by atoms with van der Waals surface area (Å²) in [7, 11) is 1.40. The summed E-state index contributed by atoms with van der Waals surface area (Å²) in [6.45, 7) is 5.72. The van der Waals surface area contributed by atoms with Crippen LogP contribution < -0.4 is 4.74 Å². The summed E-state index contributed by atoms with van der Waals surface area (Å²) >= 11 is 4.13. The molecule has 0 heterocycles. The van der Waals surface area contributed by atoms with Gasteiger partial charge in [0.15, 0.2) is 0 Å². The number of hydrogen-bond donors (Lipinski definition) is 2. The number of rotatable bonds is 4. The Labute approximate surface area is 99.8 Å². The first kappa shape index (κ1) is 12.7. The van der Waals surface area contributed by atoms with Gasteiger partial charge in [-0.3, -0.25) is 0 Å². The molecule has 84 valence electrons. The van der Waals surface area contributed by atoms with Crippen molar-refractivity contribution in [2.45, 2.75) is 31.3 Å². The van der Waals surface area contributed by atoms with Crippen LogP contribution in [0.5, 0.6) is 5.75 Å². The average Bonchev–Trinajstić information content (AvgIpc) is 2.14. The topological polar surface area (TPSA) is 29.5 Å². The van der Waals surface area contributed by atoms with Crippen LogP contribution in [0.15, 0.2) is 23.1 Å². The maximum absolute atomic E-state index is 9.53. The van der Waals surface area contributed by atoms with Gasteiger partial charge >= 0.3 is 0 Å². The molecule has 1 aromatic rings. The van der Waals surface area contributed by atoms with Crippen molar-refractivity contribution in [3.05, 3.63) is 23.8 Å². The second-order valence-corrected chi connectivity index (χ2v) is 5.32. The molecule has 0 aliphatic heterocycles. The summed E-state index contributed by atoms with van der Waals surface area (Å²) in [5.74, 6) is 0.809. The van der Waals surface area contributed by atoms with Crippen LogP contribution in [0.2, 0.25) is 0 Å². The Balaban J connectivity index is 2.70.